The number of anilines is 1. The lowest BCUT2D eigenvalue weighted by Gasteiger charge is -2.50. The summed E-state index contributed by atoms with van der Waals surface area (Å²) in [7, 11) is 1.90. The summed E-state index contributed by atoms with van der Waals surface area (Å²) in [4.78, 5) is 36.8. The van der Waals surface area contributed by atoms with Gasteiger partial charge in [-0.15, -0.1) is 0 Å². The molecule has 1 heterocycles. The molecule has 2 aromatic rings. The largest absolute Gasteiger partial charge is 0.342 e. The number of amides is 2. The Morgan fingerprint density at radius 3 is 2.62 bits per heavy atom. The first-order valence-corrected chi connectivity index (χ1v) is 9.74. The van der Waals surface area contributed by atoms with Gasteiger partial charge in [-0.25, -0.2) is 0 Å². The molecule has 150 valence electrons. The van der Waals surface area contributed by atoms with Crippen LogP contribution in [-0.4, -0.2) is 34.7 Å². The number of hydrogen-bond acceptors (Lipinski definition) is 4. The standard InChI is InChI=1S/C22H23N3O4/c1-22-12-11-20(26)24(2)19(22)10-5-15-13-16(6-9-18(15)22)23-21(27)14-3-7-17(8-4-14)25(28)29/h3-4,6-9,13,19H,5,10-12H2,1-2H3,(H,23,27)/t19?,22-/m1/s1. The molecule has 4 rings (SSSR count). The molecule has 2 amide bonds. The molecule has 1 N–H and O–H groups in total. The molecule has 2 atom stereocenters. The highest BCUT2D eigenvalue weighted by Crippen LogP contribution is 2.46. The highest BCUT2D eigenvalue weighted by Gasteiger charge is 2.46. The molecule has 1 saturated heterocycles. The minimum Gasteiger partial charge on any atom is -0.342 e. The third kappa shape index (κ3) is 3.26. The molecule has 0 bridgehead atoms. The monoisotopic (exact) mass is 393 g/mol. The highest BCUT2D eigenvalue weighted by molar-refractivity contribution is 6.04. The fourth-order valence-corrected chi connectivity index (χ4v) is 4.80. The van der Waals surface area contributed by atoms with Gasteiger partial charge in [0.1, 0.15) is 0 Å². The van der Waals surface area contributed by atoms with E-state index in [2.05, 4.69) is 18.3 Å². The Kier molecular flexibility index (Phi) is 4.61. The molecule has 2 aliphatic rings. The Hall–Kier alpha value is -3.22. The zero-order chi connectivity index (χ0) is 20.8. The summed E-state index contributed by atoms with van der Waals surface area (Å²) < 4.78 is 0. The Balaban J connectivity index is 1.55. The van der Waals surface area contributed by atoms with Gasteiger partial charge in [0.05, 0.1) is 4.92 Å². The van der Waals surface area contributed by atoms with Crippen LogP contribution >= 0.6 is 0 Å². The van der Waals surface area contributed by atoms with Crippen molar-refractivity contribution in [3.8, 4) is 0 Å². The zero-order valence-electron chi connectivity index (χ0n) is 16.5. The third-order valence-electron chi connectivity index (χ3n) is 6.46. The third-order valence-corrected chi connectivity index (χ3v) is 6.46. The van der Waals surface area contributed by atoms with Gasteiger partial charge in [0.15, 0.2) is 0 Å². The normalized spacial score (nSPS) is 23.2. The van der Waals surface area contributed by atoms with E-state index in [1.165, 1.54) is 35.4 Å². The summed E-state index contributed by atoms with van der Waals surface area (Å²) in [6.07, 6.45) is 3.16. The van der Waals surface area contributed by atoms with E-state index in [4.69, 9.17) is 0 Å². The first-order chi connectivity index (χ1) is 13.8. The number of carbonyl (C=O) groups is 2. The predicted octanol–water partition coefficient (Wildman–Crippen LogP) is 3.67. The lowest BCUT2D eigenvalue weighted by molar-refractivity contribution is -0.384. The van der Waals surface area contributed by atoms with Crippen molar-refractivity contribution in [3.63, 3.8) is 0 Å². The maximum absolute atomic E-state index is 12.5. The maximum atomic E-state index is 12.5. The Labute approximate surface area is 168 Å². The van der Waals surface area contributed by atoms with Crippen LogP contribution in [0.15, 0.2) is 42.5 Å². The number of rotatable bonds is 3. The Morgan fingerprint density at radius 1 is 1.21 bits per heavy atom. The van der Waals surface area contributed by atoms with E-state index in [-0.39, 0.29) is 29.0 Å². The van der Waals surface area contributed by atoms with E-state index in [0.717, 1.165) is 19.3 Å². The number of aryl methyl sites for hydroxylation is 1. The number of nitrogens with one attached hydrogen (secondary N) is 1. The van der Waals surface area contributed by atoms with Gasteiger partial charge in [0, 0.05) is 48.3 Å². The van der Waals surface area contributed by atoms with E-state index in [1.54, 1.807) is 0 Å². The summed E-state index contributed by atoms with van der Waals surface area (Å²) in [6.45, 7) is 2.23. The summed E-state index contributed by atoms with van der Waals surface area (Å²) in [6, 6.07) is 11.7. The van der Waals surface area contributed by atoms with Crippen LogP contribution in [0.25, 0.3) is 0 Å². The van der Waals surface area contributed by atoms with Crippen molar-refractivity contribution in [3.05, 3.63) is 69.3 Å². The van der Waals surface area contributed by atoms with Crippen molar-refractivity contribution in [2.75, 3.05) is 12.4 Å². The fourth-order valence-electron chi connectivity index (χ4n) is 4.80. The van der Waals surface area contributed by atoms with Crippen molar-refractivity contribution in [1.82, 2.24) is 4.90 Å². The SMILES string of the molecule is CN1C(=O)CC[C@]2(C)c3ccc(NC(=O)c4ccc([N+](=O)[O-])cc4)cc3CCC12. The molecule has 1 fully saturated rings. The smallest absolute Gasteiger partial charge is 0.269 e. The topological polar surface area (TPSA) is 92.6 Å². The molecule has 2 aromatic carbocycles. The number of nitrogens with zero attached hydrogens (tertiary/aromatic N) is 2. The molecule has 1 unspecified atom stereocenters. The molecule has 0 saturated carbocycles. The van der Waals surface area contributed by atoms with Gasteiger partial charge >= 0.3 is 0 Å². The molecular formula is C22H23N3O4. The molecule has 7 heteroatoms. The summed E-state index contributed by atoms with van der Waals surface area (Å²) in [5, 5.41) is 13.6. The molecule has 0 spiro atoms. The van der Waals surface area contributed by atoms with E-state index in [0.29, 0.717) is 17.7 Å². The molecular weight excluding hydrogens is 370 g/mol. The highest BCUT2D eigenvalue weighted by atomic mass is 16.6. The van der Waals surface area contributed by atoms with Crippen LogP contribution < -0.4 is 5.32 Å². The van der Waals surface area contributed by atoms with Crippen molar-refractivity contribution in [2.24, 2.45) is 0 Å². The zero-order valence-corrected chi connectivity index (χ0v) is 16.5. The second-order valence-corrected chi connectivity index (χ2v) is 8.11. The number of benzene rings is 2. The first kappa shape index (κ1) is 19.1. The number of piperidine rings is 1. The van der Waals surface area contributed by atoms with Crippen molar-refractivity contribution >= 4 is 23.2 Å². The predicted molar refractivity (Wildman–Crippen MR) is 109 cm³/mol. The van der Waals surface area contributed by atoms with E-state index in [9.17, 15) is 19.7 Å². The Bertz CT molecular complexity index is 1000. The van der Waals surface area contributed by atoms with Gasteiger partial charge in [-0.1, -0.05) is 13.0 Å². The van der Waals surface area contributed by atoms with E-state index < -0.39 is 4.92 Å². The van der Waals surface area contributed by atoms with Crippen LogP contribution in [0.5, 0.6) is 0 Å². The summed E-state index contributed by atoms with van der Waals surface area (Å²) >= 11 is 0. The average Bonchev–Trinajstić information content (AvgIpc) is 2.71. The number of likely N-dealkylation sites (tertiary alicyclic amines) is 1. The van der Waals surface area contributed by atoms with Crippen LogP contribution in [0.3, 0.4) is 0 Å². The number of likely N-dealkylation sites (N-methyl/N-ethyl adjacent to an activating group) is 1. The van der Waals surface area contributed by atoms with Gasteiger partial charge in [0.25, 0.3) is 11.6 Å². The second-order valence-electron chi connectivity index (χ2n) is 8.11. The van der Waals surface area contributed by atoms with Gasteiger partial charge < -0.3 is 10.2 Å². The van der Waals surface area contributed by atoms with E-state index >= 15 is 0 Å². The number of nitro benzene ring substituents is 1. The van der Waals surface area contributed by atoms with Crippen molar-refractivity contribution < 1.29 is 14.5 Å². The molecule has 0 aromatic heterocycles. The quantitative estimate of drug-likeness (QED) is 0.636. The van der Waals surface area contributed by atoms with Crippen LogP contribution in [0.1, 0.15) is 47.7 Å². The van der Waals surface area contributed by atoms with Crippen LogP contribution in [0, 0.1) is 10.1 Å². The molecule has 1 aliphatic heterocycles. The minimum absolute atomic E-state index is 0.0472. The second kappa shape index (κ2) is 6.99. The first-order valence-electron chi connectivity index (χ1n) is 9.74. The number of fused-ring (bicyclic) bond motifs is 3. The summed E-state index contributed by atoms with van der Waals surface area (Å²) in [5.74, 6) is -0.0920. The molecule has 0 radical (unpaired) electrons. The fraction of sp³-hybridized carbons (Fsp3) is 0.364. The van der Waals surface area contributed by atoms with Gasteiger partial charge in [-0.2, -0.15) is 0 Å². The number of non-ortho nitro benzene ring substituents is 1. The van der Waals surface area contributed by atoms with E-state index in [1.807, 2.05) is 24.1 Å². The van der Waals surface area contributed by atoms with Crippen LogP contribution in [-0.2, 0) is 16.6 Å². The van der Waals surface area contributed by atoms with Crippen molar-refractivity contribution in [2.45, 2.75) is 44.1 Å². The maximum Gasteiger partial charge on any atom is 0.269 e. The average molecular weight is 393 g/mol. The molecule has 1 aliphatic carbocycles. The summed E-state index contributed by atoms with van der Waals surface area (Å²) in [5.41, 5.74) is 3.41. The molecule has 7 nitrogen and oxygen atoms in total. The Morgan fingerprint density at radius 2 is 1.93 bits per heavy atom. The van der Waals surface area contributed by atoms with Crippen molar-refractivity contribution in [1.29, 1.82) is 0 Å². The lowest BCUT2D eigenvalue weighted by Crippen LogP contribution is -2.56. The molecule has 29 heavy (non-hydrogen) atoms. The van der Waals surface area contributed by atoms with Crippen LogP contribution in [0.2, 0.25) is 0 Å². The lowest BCUT2D eigenvalue weighted by atomic mass is 9.63. The van der Waals surface area contributed by atoms with Gasteiger partial charge in [0.2, 0.25) is 5.91 Å². The number of hydrogen-bond donors (Lipinski definition) is 1. The minimum atomic E-state index is -0.491. The van der Waals surface area contributed by atoms with Gasteiger partial charge in [-0.05, 0) is 54.7 Å². The van der Waals surface area contributed by atoms with Gasteiger partial charge in [-0.3, -0.25) is 19.7 Å². The van der Waals surface area contributed by atoms with Crippen LogP contribution in [0.4, 0.5) is 11.4 Å². The number of nitro groups is 1. The number of carbonyl (C=O) groups excluding carboxylic acids is 2.